The van der Waals surface area contributed by atoms with Crippen molar-refractivity contribution in [2.24, 2.45) is 0 Å². The summed E-state index contributed by atoms with van der Waals surface area (Å²) in [5.41, 5.74) is 0.662. The molecule has 0 saturated heterocycles. The largest absolute Gasteiger partial charge is 0.406 e. The van der Waals surface area contributed by atoms with Crippen LogP contribution in [0.1, 0.15) is 43.0 Å². The Bertz CT molecular complexity index is 710. The molecule has 0 aliphatic carbocycles. The molecule has 0 spiro atoms. The first-order valence-corrected chi connectivity index (χ1v) is 8.74. The fourth-order valence-electron chi connectivity index (χ4n) is 2.62. The van der Waals surface area contributed by atoms with E-state index < -0.39 is 12.7 Å². The molecule has 1 heterocycles. The van der Waals surface area contributed by atoms with Crippen LogP contribution in [0.5, 0.6) is 0 Å². The number of unbranched alkanes of at least 4 members (excludes halogenated alkanes) is 3. The van der Waals surface area contributed by atoms with Crippen molar-refractivity contribution < 1.29 is 18.0 Å². The maximum atomic E-state index is 12.8. The lowest BCUT2D eigenvalue weighted by Crippen LogP contribution is -2.24. The molecule has 3 nitrogen and oxygen atoms in total. The van der Waals surface area contributed by atoms with Crippen LogP contribution in [0, 0.1) is 0 Å². The summed E-state index contributed by atoms with van der Waals surface area (Å²) < 4.78 is 40.0. The number of carbonyl (C=O) groups is 1. The van der Waals surface area contributed by atoms with Crippen molar-refractivity contribution in [3.8, 4) is 0 Å². The summed E-state index contributed by atoms with van der Waals surface area (Å²) in [6, 6.07) is 4.98. The number of hydrogen-bond donors (Lipinski definition) is 1. The molecule has 0 atom stereocenters. The van der Waals surface area contributed by atoms with Crippen LogP contribution in [-0.4, -0.2) is 23.2 Å². The summed E-state index contributed by atoms with van der Waals surface area (Å²) in [4.78, 5) is 12.3. The lowest BCUT2D eigenvalue weighted by molar-refractivity contribution is -0.139. The second-order valence-corrected chi connectivity index (χ2v) is 6.68. The molecule has 0 fully saturated rings. The molecule has 1 aromatic carbocycles. The van der Waals surface area contributed by atoms with E-state index in [1.807, 2.05) is 0 Å². The van der Waals surface area contributed by atoms with Crippen molar-refractivity contribution in [2.45, 2.75) is 45.3 Å². The SMILES string of the molecule is CCCCCCNC(=O)c1cn(CC(F)(F)F)c2cc(Br)ccc12. The first kappa shape index (κ1) is 18.8. The Morgan fingerprint density at radius 1 is 1.25 bits per heavy atom. The second-order valence-electron chi connectivity index (χ2n) is 5.76. The predicted molar refractivity (Wildman–Crippen MR) is 92.2 cm³/mol. The zero-order valence-corrected chi connectivity index (χ0v) is 15.0. The van der Waals surface area contributed by atoms with Gasteiger partial charge in [-0.05, 0) is 18.6 Å². The average Bonchev–Trinajstić information content (AvgIpc) is 2.83. The van der Waals surface area contributed by atoms with Gasteiger partial charge in [-0.2, -0.15) is 13.2 Å². The van der Waals surface area contributed by atoms with Crippen LogP contribution in [0.25, 0.3) is 10.9 Å². The third-order valence-corrected chi connectivity index (χ3v) is 4.25. The van der Waals surface area contributed by atoms with Crippen molar-refractivity contribution in [3.05, 3.63) is 34.4 Å². The fourth-order valence-corrected chi connectivity index (χ4v) is 2.97. The zero-order valence-electron chi connectivity index (χ0n) is 13.4. The number of benzene rings is 1. The van der Waals surface area contributed by atoms with Gasteiger partial charge in [0, 0.05) is 22.6 Å². The van der Waals surface area contributed by atoms with E-state index >= 15 is 0 Å². The quantitative estimate of drug-likeness (QED) is 0.626. The van der Waals surface area contributed by atoms with Crippen LogP contribution in [0.15, 0.2) is 28.9 Å². The zero-order chi connectivity index (χ0) is 17.7. The van der Waals surface area contributed by atoms with Gasteiger partial charge in [0.1, 0.15) is 6.54 Å². The smallest absolute Gasteiger partial charge is 0.352 e. The molecule has 132 valence electrons. The number of nitrogens with zero attached hydrogens (tertiary/aromatic N) is 1. The standard InChI is InChI=1S/C17H20BrF3N2O/c1-2-3-4-5-8-22-16(24)14-10-23(11-17(19,20)21)15-9-12(18)6-7-13(14)15/h6-7,9-10H,2-5,8,11H2,1H3,(H,22,24). The summed E-state index contributed by atoms with van der Waals surface area (Å²) in [5, 5.41) is 3.32. The molecule has 0 aliphatic heterocycles. The number of halogens is 4. The van der Waals surface area contributed by atoms with Gasteiger partial charge in [0.2, 0.25) is 0 Å². The van der Waals surface area contributed by atoms with Gasteiger partial charge in [0.15, 0.2) is 0 Å². The Labute approximate surface area is 147 Å². The molecule has 0 unspecified atom stereocenters. The number of hydrogen-bond acceptors (Lipinski definition) is 1. The van der Waals surface area contributed by atoms with Gasteiger partial charge in [-0.1, -0.05) is 48.2 Å². The minimum atomic E-state index is -4.35. The number of carbonyl (C=O) groups excluding carboxylic acids is 1. The predicted octanol–water partition coefficient (Wildman–Crippen LogP) is 5.28. The molecule has 2 aromatic rings. The topological polar surface area (TPSA) is 34.0 Å². The van der Waals surface area contributed by atoms with Crippen LogP contribution in [-0.2, 0) is 6.54 Å². The molecular weight excluding hydrogens is 385 g/mol. The van der Waals surface area contributed by atoms with E-state index in [9.17, 15) is 18.0 Å². The summed E-state index contributed by atoms with van der Waals surface area (Å²) in [7, 11) is 0. The maximum absolute atomic E-state index is 12.8. The van der Waals surface area contributed by atoms with Gasteiger partial charge >= 0.3 is 6.18 Å². The van der Waals surface area contributed by atoms with E-state index in [0.29, 0.717) is 21.9 Å². The monoisotopic (exact) mass is 404 g/mol. The first-order valence-electron chi connectivity index (χ1n) is 7.95. The van der Waals surface area contributed by atoms with Gasteiger partial charge in [0.05, 0.1) is 11.1 Å². The number of fused-ring (bicyclic) bond motifs is 1. The van der Waals surface area contributed by atoms with Gasteiger partial charge in [0.25, 0.3) is 5.91 Å². The molecule has 2 rings (SSSR count). The number of rotatable bonds is 7. The Morgan fingerprint density at radius 3 is 2.67 bits per heavy atom. The number of alkyl halides is 3. The third kappa shape index (κ3) is 5.00. The van der Waals surface area contributed by atoms with E-state index in [1.165, 1.54) is 6.20 Å². The highest BCUT2D eigenvalue weighted by molar-refractivity contribution is 9.10. The normalized spacial score (nSPS) is 11.9. The van der Waals surface area contributed by atoms with Crippen LogP contribution in [0.3, 0.4) is 0 Å². The lowest BCUT2D eigenvalue weighted by Gasteiger charge is -2.08. The number of amides is 1. The van der Waals surface area contributed by atoms with Crippen molar-refractivity contribution in [2.75, 3.05) is 6.54 Å². The van der Waals surface area contributed by atoms with Gasteiger partial charge in [-0.25, -0.2) is 0 Å². The highest BCUT2D eigenvalue weighted by Crippen LogP contribution is 2.28. The average molecular weight is 405 g/mol. The van der Waals surface area contributed by atoms with Gasteiger partial charge < -0.3 is 9.88 Å². The molecule has 7 heteroatoms. The van der Waals surface area contributed by atoms with E-state index in [0.717, 1.165) is 30.3 Å². The van der Waals surface area contributed by atoms with E-state index in [2.05, 4.69) is 28.2 Å². The molecular formula is C17H20BrF3N2O. The molecule has 1 aromatic heterocycles. The lowest BCUT2D eigenvalue weighted by atomic mass is 10.1. The Balaban J connectivity index is 2.21. The van der Waals surface area contributed by atoms with E-state index in [4.69, 9.17) is 0 Å². The van der Waals surface area contributed by atoms with Crippen molar-refractivity contribution in [1.82, 2.24) is 9.88 Å². The molecule has 24 heavy (non-hydrogen) atoms. The van der Waals surface area contributed by atoms with Crippen LogP contribution in [0.2, 0.25) is 0 Å². The minimum Gasteiger partial charge on any atom is -0.352 e. The minimum absolute atomic E-state index is 0.275. The van der Waals surface area contributed by atoms with Gasteiger partial charge in [-0.15, -0.1) is 0 Å². The number of nitrogens with one attached hydrogen (secondary N) is 1. The summed E-state index contributed by atoms with van der Waals surface area (Å²) >= 11 is 3.26. The second kappa shape index (κ2) is 8.05. The third-order valence-electron chi connectivity index (χ3n) is 3.75. The molecule has 0 saturated carbocycles. The van der Waals surface area contributed by atoms with Crippen molar-refractivity contribution in [1.29, 1.82) is 0 Å². The Kier molecular flexibility index (Phi) is 6.32. The Morgan fingerprint density at radius 2 is 2.00 bits per heavy atom. The van der Waals surface area contributed by atoms with Crippen LogP contribution >= 0.6 is 15.9 Å². The number of aromatic nitrogens is 1. The Hall–Kier alpha value is -1.50. The molecule has 1 N–H and O–H groups in total. The summed E-state index contributed by atoms with van der Waals surface area (Å²) in [5.74, 6) is -0.334. The van der Waals surface area contributed by atoms with E-state index in [-0.39, 0.29) is 11.5 Å². The van der Waals surface area contributed by atoms with Crippen molar-refractivity contribution in [3.63, 3.8) is 0 Å². The maximum Gasteiger partial charge on any atom is 0.406 e. The highest BCUT2D eigenvalue weighted by atomic mass is 79.9. The van der Waals surface area contributed by atoms with Crippen molar-refractivity contribution >= 4 is 32.7 Å². The fraction of sp³-hybridized carbons (Fsp3) is 0.471. The summed E-state index contributed by atoms with van der Waals surface area (Å²) in [6.45, 7) is 1.51. The first-order chi connectivity index (χ1) is 11.3. The van der Waals surface area contributed by atoms with Crippen LogP contribution < -0.4 is 5.32 Å². The molecule has 0 radical (unpaired) electrons. The summed E-state index contributed by atoms with van der Waals surface area (Å²) in [6.07, 6.45) is 1.04. The molecule has 0 aliphatic rings. The molecule has 1 amide bonds. The highest BCUT2D eigenvalue weighted by Gasteiger charge is 2.29. The van der Waals surface area contributed by atoms with Crippen LogP contribution in [0.4, 0.5) is 13.2 Å². The van der Waals surface area contributed by atoms with Gasteiger partial charge in [-0.3, -0.25) is 4.79 Å². The molecule has 0 bridgehead atoms. The van der Waals surface area contributed by atoms with E-state index in [1.54, 1.807) is 18.2 Å².